The van der Waals surface area contributed by atoms with Crippen LogP contribution in [0.1, 0.15) is 12.5 Å². The lowest BCUT2D eigenvalue weighted by Gasteiger charge is -2.05. The molecule has 0 amide bonds. The van der Waals surface area contributed by atoms with Gasteiger partial charge in [-0.3, -0.25) is 0 Å². The van der Waals surface area contributed by atoms with Crippen LogP contribution in [0.2, 0.25) is 0 Å². The maximum absolute atomic E-state index is 12.9. The second kappa shape index (κ2) is 5.48. The summed E-state index contributed by atoms with van der Waals surface area (Å²) in [4.78, 5) is 0. The van der Waals surface area contributed by atoms with E-state index in [1.54, 1.807) is 12.1 Å². The normalized spacial score (nSPS) is 11.0. The first kappa shape index (κ1) is 13.5. The molecular formula is C17H17FN2O. The lowest BCUT2D eigenvalue weighted by atomic mass is 10.1. The van der Waals surface area contributed by atoms with E-state index < -0.39 is 0 Å². The Morgan fingerprint density at radius 2 is 1.90 bits per heavy atom. The summed E-state index contributed by atoms with van der Waals surface area (Å²) in [5.74, 6) is 0.385. The maximum Gasteiger partial charge on any atom is 0.123 e. The van der Waals surface area contributed by atoms with Crippen molar-refractivity contribution >= 4 is 16.6 Å². The van der Waals surface area contributed by atoms with Crippen molar-refractivity contribution in [2.24, 2.45) is 0 Å². The first-order valence-corrected chi connectivity index (χ1v) is 6.93. The van der Waals surface area contributed by atoms with E-state index in [-0.39, 0.29) is 5.82 Å². The Labute approximate surface area is 122 Å². The lowest BCUT2D eigenvalue weighted by molar-refractivity contribution is 0.307. The van der Waals surface area contributed by atoms with Gasteiger partial charge in [-0.2, -0.15) is 0 Å². The molecule has 0 aliphatic carbocycles. The second-order valence-corrected chi connectivity index (χ2v) is 4.96. The summed E-state index contributed by atoms with van der Waals surface area (Å²) in [6.07, 6.45) is 2.08. The van der Waals surface area contributed by atoms with Crippen LogP contribution in [-0.2, 0) is 13.2 Å². The van der Waals surface area contributed by atoms with Gasteiger partial charge in [-0.1, -0.05) is 0 Å². The molecule has 0 radical (unpaired) electrons. The third-order valence-electron chi connectivity index (χ3n) is 3.54. The smallest absolute Gasteiger partial charge is 0.123 e. The van der Waals surface area contributed by atoms with E-state index in [1.807, 2.05) is 18.2 Å². The van der Waals surface area contributed by atoms with E-state index in [4.69, 9.17) is 10.5 Å². The molecule has 3 aromatic rings. The SMILES string of the molecule is CCn1cc(COc2ccc(F)cc2)c2cc(N)ccc21. The van der Waals surface area contributed by atoms with Crippen molar-refractivity contribution in [3.63, 3.8) is 0 Å². The van der Waals surface area contributed by atoms with Crippen molar-refractivity contribution < 1.29 is 9.13 Å². The third kappa shape index (κ3) is 2.70. The summed E-state index contributed by atoms with van der Waals surface area (Å²) in [6.45, 7) is 3.41. The molecule has 0 saturated carbocycles. The second-order valence-electron chi connectivity index (χ2n) is 4.96. The van der Waals surface area contributed by atoms with Crippen LogP contribution in [0.4, 0.5) is 10.1 Å². The zero-order chi connectivity index (χ0) is 14.8. The Hall–Kier alpha value is -2.49. The highest BCUT2D eigenvalue weighted by molar-refractivity contribution is 5.86. The number of aromatic nitrogens is 1. The fraction of sp³-hybridized carbons (Fsp3) is 0.176. The minimum Gasteiger partial charge on any atom is -0.489 e. The highest BCUT2D eigenvalue weighted by Crippen LogP contribution is 2.25. The van der Waals surface area contributed by atoms with Gasteiger partial charge in [-0.05, 0) is 49.4 Å². The van der Waals surface area contributed by atoms with E-state index in [2.05, 4.69) is 17.7 Å². The van der Waals surface area contributed by atoms with Crippen LogP contribution < -0.4 is 10.5 Å². The fourth-order valence-electron chi connectivity index (χ4n) is 2.46. The van der Waals surface area contributed by atoms with Gasteiger partial charge >= 0.3 is 0 Å². The van der Waals surface area contributed by atoms with Crippen molar-refractivity contribution in [1.29, 1.82) is 0 Å². The Morgan fingerprint density at radius 3 is 2.62 bits per heavy atom. The molecule has 1 aromatic heterocycles. The van der Waals surface area contributed by atoms with Crippen LogP contribution in [0.3, 0.4) is 0 Å². The molecule has 2 N–H and O–H groups in total. The molecule has 0 spiro atoms. The minimum absolute atomic E-state index is 0.266. The lowest BCUT2D eigenvalue weighted by Crippen LogP contribution is -1.95. The summed E-state index contributed by atoms with van der Waals surface area (Å²) < 4.78 is 20.8. The molecule has 0 aliphatic heterocycles. The Bertz CT molecular complexity index is 762. The number of anilines is 1. The van der Waals surface area contributed by atoms with Gasteiger partial charge in [-0.25, -0.2) is 4.39 Å². The van der Waals surface area contributed by atoms with Crippen LogP contribution in [0.15, 0.2) is 48.7 Å². The van der Waals surface area contributed by atoms with Gasteiger partial charge in [0.1, 0.15) is 18.2 Å². The topological polar surface area (TPSA) is 40.2 Å². The van der Waals surface area contributed by atoms with Crippen LogP contribution in [0.25, 0.3) is 10.9 Å². The van der Waals surface area contributed by atoms with Gasteiger partial charge in [0.25, 0.3) is 0 Å². The molecule has 0 fully saturated rings. The van der Waals surface area contributed by atoms with Gasteiger partial charge in [-0.15, -0.1) is 0 Å². The molecule has 0 bridgehead atoms. The summed E-state index contributed by atoms with van der Waals surface area (Å²) in [5.41, 5.74) is 8.83. The molecule has 3 nitrogen and oxygen atoms in total. The molecule has 0 atom stereocenters. The Morgan fingerprint density at radius 1 is 1.14 bits per heavy atom. The maximum atomic E-state index is 12.9. The summed E-state index contributed by atoms with van der Waals surface area (Å²) in [6, 6.07) is 11.9. The van der Waals surface area contributed by atoms with E-state index in [9.17, 15) is 4.39 Å². The van der Waals surface area contributed by atoms with Gasteiger partial charge in [0.05, 0.1) is 0 Å². The largest absolute Gasteiger partial charge is 0.489 e. The number of benzene rings is 2. The van der Waals surface area contributed by atoms with E-state index in [1.165, 1.54) is 12.1 Å². The third-order valence-corrected chi connectivity index (χ3v) is 3.54. The van der Waals surface area contributed by atoms with Crippen molar-refractivity contribution in [2.75, 3.05) is 5.73 Å². The van der Waals surface area contributed by atoms with Crippen LogP contribution in [0.5, 0.6) is 5.75 Å². The standard InChI is InChI=1S/C17H17FN2O/c1-2-20-10-12(16-9-14(19)5-8-17(16)20)11-21-15-6-3-13(18)4-7-15/h3-10H,2,11,19H2,1H3. The first-order chi connectivity index (χ1) is 10.2. The number of halogens is 1. The summed E-state index contributed by atoms with van der Waals surface area (Å²) >= 11 is 0. The number of rotatable bonds is 4. The number of hydrogen-bond acceptors (Lipinski definition) is 2. The van der Waals surface area contributed by atoms with Crippen LogP contribution in [-0.4, -0.2) is 4.57 Å². The quantitative estimate of drug-likeness (QED) is 0.737. The van der Waals surface area contributed by atoms with Crippen molar-refractivity contribution in [3.8, 4) is 5.75 Å². The Balaban J connectivity index is 1.89. The summed E-state index contributed by atoms with van der Waals surface area (Å²) in [5, 5.41) is 1.10. The number of nitrogen functional groups attached to an aromatic ring is 1. The Kier molecular flexibility index (Phi) is 3.52. The molecule has 3 rings (SSSR count). The van der Waals surface area contributed by atoms with Crippen molar-refractivity contribution in [3.05, 3.63) is 60.0 Å². The number of ether oxygens (including phenoxy) is 1. The average Bonchev–Trinajstić information content (AvgIpc) is 2.84. The number of fused-ring (bicyclic) bond motifs is 1. The minimum atomic E-state index is -0.266. The number of nitrogens with two attached hydrogens (primary N) is 1. The number of hydrogen-bond donors (Lipinski definition) is 1. The first-order valence-electron chi connectivity index (χ1n) is 6.93. The van der Waals surface area contributed by atoms with Crippen molar-refractivity contribution in [2.45, 2.75) is 20.1 Å². The molecule has 0 saturated heterocycles. The molecule has 1 heterocycles. The van der Waals surface area contributed by atoms with E-state index in [0.717, 1.165) is 28.7 Å². The van der Waals surface area contributed by atoms with Gasteiger partial charge in [0.2, 0.25) is 0 Å². The highest BCUT2D eigenvalue weighted by Gasteiger charge is 2.09. The van der Waals surface area contributed by atoms with Crippen LogP contribution in [0, 0.1) is 5.82 Å². The van der Waals surface area contributed by atoms with Gasteiger partial charge in [0, 0.05) is 34.9 Å². The monoisotopic (exact) mass is 284 g/mol. The molecule has 2 aromatic carbocycles. The zero-order valence-corrected chi connectivity index (χ0v) is 11.8. The highest BCUT2D eigenvalue weighted by atomic mass is 19.1. The van der Waals surface area contributed by atoms with E-state index >= 15 is 0 Å². The molecule has 0 aliphatic rings. The average molecular weight is 284 g/mol. The molecule has 4 heteroatoms. The zero-order valence-electron chi connectivity index (χ0n) is 11.8. The molecular weight excluding hydrogens is 267 g/mol. The molecule has 108 valence electrons. The number of aryl methyl sites for hydroxylation is 1. The predicted octanol–water partition coefficient (Wildman–Crippen LogP) is 3.96. The summed E-state index contributed by atoms with van der Waals surface area (Å²) in [7, 11) is 0. The van der Waals surface area contributed by atoms with Crippen molar-refractivity contribution in [1.82, 2.24) is 4.57 Å². The van der Waals surface area contributed by atoms with Gasteiger partial charge in [0.15, 0.2) is 0 Å². The fourth-order valence-corrected chi connectivity index (χ4v) is 2.46. The van der Waals surface area contributed by atoms with E-state index in [0.29, 0.717) is 12.4 Å². The predicted molar refractivity (Wildman–Crippen MR) is 82.8 cm³/mol. The number of nitrogens with zero attached hydrogens (tertiary/aromatic N) is 1. The molecule has 0 unspecified atom stereocenters. The van der Waals surface area contributed by atoms with Crippen LogP contribution >= 0.6 is 0 Å². The molecule has 21 heavy (non-hydrogen) atoms. The van der Waals surface area contributed by atoms with Gasteiger partial charge < -0.3 is 15.0 Å².